The van der Waals surface area contributed by atoms with Gasteiger partial charge in [0.05, 0.1) is 0 Å². The van der Waals surface area contributed by atoms with Gasteiger partial charge in [-0.15, -0.1) is 0 Å². The van der Waals surface area contributed by atoms with Gasteiger partial charge in [0.1, 0.15) is 0 Å². The first kappa shape index (κ1) is 6.43. The molecule has 0 N–H and O–H groups in total. The molecule has 1 rings (SSSR count). The Morgan fingerprint density at radius 2 is 1.75 bits per heavy atom. The topological polar surface area (TPSA) is 19.9 Å². The molecule has 1 aliphatic rings. The van der Waals surface area contributed by atoms with Gasteiger partial charge in [0.15, 0.2) is 0 Å². The molecule has 2 heteroatoms. The second kappa shape index (κ2) is 3.36. The van der Waals surface area contributed by atoms with Gasteiger partial charge in [0.2, 0.25) is 0 Å². The second-order valence-electron chi connectivity index (χ2n) is 2.36. The molecule has 0 spiro atoms. The molecule has 0 bridgehead atoms. The fourth-order valence-electron chi connectivity index (χ4n) is 1.16. The van der Waals surface area contributed by atoms with Crippen molar-refractivity contribution in [3.05, 3.63) is 0 Å². The maximum absolute atomic E-state index is 10.2. The monoisotopic (exact) mass is 131 g/mol. The molecule has 0 aromatic heterocycles. The lowest BCUT2D eigenvalue weighted by atomic mass is 10.0. The van der Waals surface area contributed by atoms with Crippen LogP contribution in [-0.2, 0) is 4.55 Å². The van der Waals surface area contributed by atoms with E-state index in [9.17, 15) is 4.55 Å². The van der Waals surface area contributed by atoms with E-state index < -0.39 is 0 Å². The van der Waals surface area contributed by atoms with Crippen LogP contribution in [0, 0.1) is 0 Å². The number of hydrogen-bond donors (Lipinski definition) is 0. The largest absolute Gasteiger partial charge is 0.151 e. The van der Waals surface area contributed by atoms with Gasteiger partial charge in [-0.3, -0.25) is 0 Å². The fourth-order valence-corrected chi connectivity index (χ4v) is 1.69. The van der Waals surface area contributed by atoms with Gasteiger partial charge in [-0.25, -0.2) is 0 Å². The third-order valence-corrected chi connectivity index (χ3v) is 2.43. The molecular formula is C6H11OS. The molecule has 0 aromatic rings. The van der Waals surface area contributed by atoms with E-state index in [1.54, 1.807) is 0 Å². The fraction of sp³-hybridized carbons (Fsp3) is 1.00. The summed E-state index contributed by atoms with van der Waals surface area (Å²) in [4.78, 5) is 0. The van der Waals surface area contributed by atoms with Crippen molar-refractivity contribution in [2.45, 2.75) is 37.4 Å². The first-order valence-corrected chi connectivity index (χ1v) is 4.02. The van der Waals surface area contributed by atoms with Crippen molar-refractivity contribution in [2.24, 2.45) is 0 Å². The van der Waals surface area contributed by atoms with Crippen molar-refractivity contribution in [3.63, 3.8) is 0 Å². The Morgan fingerprint density at radius 1 is 1.12 bits per heavy atom. The Morgan fingerprint density at radius 3 is 2.12 bits per heavy atom. The van der Waals surface area contributed by atoms with Crippen molar-refractivity contribution >= 4 is 12.0 Å². The zero-order valence-electron chi connectivity index (χ0n) is 4.93. The highest BCUT2D eigenvalue weighted by atomic mass is 32.2. The van der Waals surface area contributed by atoms with Crippen LogP contribution in [0.15, 0.2) is 0 Å². The normalized spacial score (nSPS) is 23.6. The van der Waals surface area contributed by atoms with Crippen molar-refractivity contribution in [1.82, 2.24) is 0 Å². The quantitative estimate of drug-likeness (QED) is 0.500. The summed E-state index contributed by atoms with van der Waals surface area (Å²) >= 11 is 0.796. The molecule has 1 saturated carbocycles. The minimum atomic E-state index is 0.448. The summed E-state index contributed by atoms with van der Waals surface area (Å²) < 4.78 is 10.2. The first-order valence-electron chi connectivity index (χ1n) is 3.22. The second-order valence-corrected chi connectivity index (χ2v) is 3.22. The Hall–Kier alpha value is 0.310. The highest BCUT2D eigenvalue weighted by molar-refractivity contribution is 7.94. The van der Waals surface area contributed by atoms with Crippen LogP contribution >= 0.6 is 12.0 Å². The third-order valence-electron chi connectivity index (χ3n) is 1.69. The van der Waals surface area contributed by atoms with E-state index in [4.69, 9.17) is 0 Å². The molecule has 0 saturated heterocycles. The Kier molecular flexibility index (Phi) is 2.70. The molecule has 0 amide bonds. The first-order chi connectivity index (χ1) is 3.93. The summed E-state index contributed by atoms with van der Waals surface area (Å²) in [6.07, 6.45) is 6.22. The lowest BCUT2D eigenvalue weighted by Gasteiger charge is -2.16. The molecule has 1 fully saturated rings. The van der Waals surface area contributed by atoms with Crippen LogP contribution in [0.1, 0.15) is 32.1 Å². The maximum Gasteiger partial charge on any atom is 0.0361 e. The van der Waals surface area contributed by atoms with Crippen LogP contribution in [0.2, 0.25) is 0 Å². The molecule has 47 valence electrons. The lowest BCUT2D eigenvalue weighted by molar-refractivity contribution is 0.472. The number of rotatable bonds is 1. The minimum absolute atomic E-state index is 0.448. The molecule has 0 aliphatic heterocycles. The average molecular weight is 131 g/mol. The van der Waals surface area contributed by atoms with Crippen LogP contribution in [0.4, 0.5) is 0 Å². The molecule has 0 unspecified atom stereocenters. The zero-order valence-corrected chi connectivity index (χ0v) is 5.75. The van der Waals surface area contributed by atoms with Crippen LogP contribution in [-0.4, -0.2) is 5.25 Å². The molecule has 1 nitrogen and oxygen atoms in total. The van der Waals surface area contributed by atoms with Gasteiger partial charge >= 0.3 is 0 Å². The van der Waals surface area contributed by atoms with E-state index >= 15 is 0 Å². The summed E-state index contributed by atoms with van der Waals surface area (Å²) in [6, 6.07) is 0. The van der Waals surface area contributed by atoms with Crippen molar-refractivity contribution < 1.29 is 4.55 Å². The van der Waals surface area contributed by atoms with Crippen molar-refractivity contribution in [3.8, 4) is 0 Å². The predicted molar refractivity (Wildman–Crippen MR) is 35.2 cm³/mol. The van der Waals surface area contributed by atoms with Gasteiger partial charge in [-0.05, 0) is 12.8 Å². The molecule has 1 radical (unpaired) electrons. The summed E-state index contributed by atoms with van der Waals surface area (Å²) in [5.74, 6) is 0. The van der Waals surface area contributed by atoms with Gasteiger partial charge in [0.25, 0.3) is 0 Å². The predicted octanol–water partition coefficient (Wildman–Crippen LogP) is 2.40. The molecule has 1 aliphatic carbocycles. The maximum atomic E-state index is 10.2. The average Bonchev–Trinajstić information content (AvgIpc) is 1.90. The number of hydrogen-bond acceptors (Lipinski definition) is 1. The van der Waals surface area contributed by atoms with Crippen molar-refractivity contribution in [1.29, 1.82) is 0 Å². The van der Waals surface area contributed by atoms with E-state index in [0.29, 0.717) is 5.25 Å². The van der Waals surface area contributed by atoms with Gasteiger partial charge in [-0.1, -0.05) is 19.3 Å². The Bertz CT molecular complexity index is 59.5. The van der Waals surface area contributed by atoms with E-state index in [-0.39, 0.29) is 0 Å². The molecule has 0 aromatic carbocycles. The molecule has 0 heterocycles. The van der Waals surface area contributed by atoms with E-state index in [1.807, 2.05) is 0 Å². The van der Waals surface area contributed by atoms with Crippen LogP contribution in [0.3, 0.4) is 0 Å². The van der Waals surface area contributed by atoms with Crippen LogP contribution in [0.25, 0.3) is 0 Å². The summed E-state index contributed by atoms with van der Waals surface area (Å²) in [6.45, 7) is 0. The summed E-state index contributed by atoms with van der Waals surface area (Å²) in [5, 5.41) is 0.448. The SMILES string of the molecule is [O]SC1CCCCC1. The lowest BCUT2D eigenvalue weighted by Crippen LogP contribution is -2.06. The van der Waals surface area contributed by atoms with E-state index in [0.717, 1.165) is 24.9 Å². The highest BCUT2D eigenvalue weighted by Crippen LogP contribution is 2.26. The van der Waals surface area contributed by atoms with Gasteiger partial charge < -0.3 is 0 Å². The Labute approximate surface area is 54.7 Å². The van der Waals surface area contributed by atoms with Crippen LogP contribution < -0.4 is 0 Å². The summed E-state index contributed by atoms with van der Waals surface area (Å²) in [5.41, 5.74) is 0. The van der Waals surface area contributed by atoms with E-state index in [1.165, 1.54) is 19.3 Å². The summed E-state index contributed by atoms with van der Waals surface area (Å²) in [7, 11) is 0. The molecular weight excluding hydrogens is 120 g/mol. The standard InChI is InChI=1S/C6H11OS/c7-8-6-4-2-1-3-5-6/h6H,1-5H2. The van der Waals surface area contributed by atoms with Gasteiger partial charge in [-0.2, -0.15) is 4.55 Å². The Balaban J connectivity index is 2.13. The molecule has 0 atom stereocenters. The van der Waals surface area contributed by atoms with Crippen LogP contribution in [0.5, 0.6) is 0 Å². The van der Waals surface area contributed by atoms with Crippen molar-refractivity contribution in [2.75, 3.05) is 0 Å². The third kappa shape index (κ3) is 1.67. The smallest absolute Gasteiger partial charge is 0.0361 e. The van der Waals surface area contributed by atoms with Gasteiger partial charge in [0, 0.05) is 17.3 Å². The van der Waals surface area contributed by atoms with E-state index in [2.05, 4.69) is 0 Å². The zero-order chi connectivity index (χ0) is 5.82. The minimum Gasteiger partial charge on any atom is -0.151 e. The molecule has 8 heavy (non-hydrogen) atoms. The highest BCUT2D eigenvalue weighted by Gasteiger charge is 2.12.